The van der Waals surface area contributed by atoms with Gasteiger partial charge in [-0.3, -0.25) is 9.59 Å². The van der Waals surface area contributed by atoms with E-state index in [2.05, 4.69) is 92.9 Å². The van der Waals surface area contributed by atoms with Crippen molar-refractivity contribution >= 4 is 11.9 Å². The molecule has 0 spiro atoms. The van der Waals surface area contributed by atoms with Crippen LogP contribution in [0.5, 0.6) is 0 Å². The van der Waals surface area contributed by atoms with E-state index < -0.39 is 67.4 Å². The summed E-state index contributed by atoms with van der Waals surface area (Å²) in [6, 6.07) is -1.07. The highest BCUT2D eigenvalue weighted by Gasteiger charge is 2.47. The molecular formula is C68H111NO10. The van der Waals surface area contributed by atoms with Crippen LogP contribution in [-0.2, 0) is 23.8 Å². The molecule has 8 unspecified atom stereocenters. The molecule has 0 bridgehead atoms. The lowest BCUT2D eigenvalue weighted by Gasteiger charge is -2.41. The lowest BCUT2D eigenvalue weighted by molar-refractivity contribution is -0.305. The van der Waals surface area contributed by atoms with Crippen molar-refractivity contribution in [3.63, 3.8) is 0 Å². The second-order valence-electron chi connectivity index (χ2n) is 20.8. The zero-order valence-electron chi connectivity index (χ0n) is 49.4. The highest BCUT2D eigenvalue weighted by atomic mass is 16.7. The average molecular weight is 1100 g/mol. The Morgan fingerprint density at radius 3 is 1.49 bits per heavy atom. The van der Waals surface area contributed by atoms with Gasteiger partial charge in [0.1, 0.15) is 24.4 Å². The summed E-state index contributed by atoms with van der Waals surface area (Å²) in [5.41, 5.74) is 0. The van der Waals surface area contributed by atoms with E-state index in [0.717, 1.165) is 96.3 Å². The predicted octanol–water partition coefficient (Wildman–Crippen LogP) is 14.8. The summed E-state index contributed by atoms with van der Waals surface area (Å²) in [7, 11) is 0. The number of carbonyl (C=O) groups is 2. The van der Waals surface area contributed by atoms with E-state index in [9.17, 15) is 35.1 Å². The van der Waals surface area contributed by atoms with Crippen LogP contribution in [0.1, 0.15) is 220 Å². The van der Waals surface area contributed by atoms with Crippen molar-refractivity contribution in [2.45, 2.75) is 269 Å². The quantitative estimate of drug-likeness (QED) is 0.0149. The Morgan fingerprint density at radius 1 is 0.519 bits per heavy atom. The van der Waals surface area contributed by atoms with Crippen LogP contribution < -0.4 is 5.32 Å². The standard InChI is InChI=1S/C68H111NO10/c1-4-7-10-13-16-19-22-25-26-27-28-29-30-31-32-33-34-35-36-38-41-44-47-50-53-56-63(73)79-66-65(75)64(74)62(57-70)78-68(66)77-58-59(60(71)54-51-48-45-42-40-37-23-20-17-14-11-8-5-2)69-67(76)61(72)55-52-49-46-43-39-24-21-18-15-12-9-6-3/h7,9-10,12,15-16,18-19,21,24-26,28-29,31-32,39,43,46,49,51,54,59-62,64-66,68,70-72,74-75H,4-6,8,11,13-14,17,20,22-23,27,30,33-38,40-42,44-45,47-48,50,52-53,55-58H2,1-3H3,(H,69,76)/b10-7-,12-9+,18-15+,19-16-,24-21-,26-25-,29-28-,32-31-,43-39-,49-46+,54-51+. The molecule has 1 saturated heterocycles. The van der Waals surface area contributed by atoms with Crippen molar-refractivity contribution < 1.29 is 49.3 Å². The van der Waals surface area contributed by atoms with E-state index in [4.69, 9.17) is 14.2 Å². The first kappa shape index (κ1) is 72.8. The van der Waals surface area contributed by atoms with Gasteiger partial charge in [-0.25, -0.2) is 0 Å². The molecule has 1 aliphatic heterocycles. The lowest BCUT2D eigenvalue weighted by Crippen LogP contribution is -2.61. The number of rotatable bonds is 50. The summed E-state index contributed by atoms with van der Waals surface area (Å²) in [5.74, 6) is -1.29. The molecule has 0 saturated carbocycles. The molecule has 0 aliphatic carbocycles. The topological polar surface area (TPSA) is 175 Å². The Balaban J connectivity index is 2.66. The number of carbonyl (C=O) groups excluding carboxylic acids is 2. The van der Waals surface area contributed by atoms with Gasteiger partial charge in [-0.05, 0) is 83.5 Å². The number of hydrogen-bond acceptors (Lipinski definition) is 10. The molecule has 1 amide bonds. The zero-order chi connectivity index (χ0) is 57.5. The Morgan fingerprint density at radius 2 is 0.975 bits per heavy atom. The fourth-order valence-corrected chi connectivity index (χ4v) is 8.82. The van der Waals surface area contributed by atoms with Crippen molar-refractivity contribution in [2.24, 2.45) is 0 Å². The van der Waals surface area contributed by atoms with Crippen molar-refractivity contribution in [1.29, 1.82) is 0 Å². The maximum Gasteiger partial charge on any atom is 0.306 e. The third kappa shape index (κ3) is 42.3. The molecule has 1 rings (SSSR count). The van der Waals surface area contributed by atoms with Crippen LogP contribution in [0.4, 0.5) is 0 Å². The molecule has 0 aromatic rings. The van der Waals surface area contributed by atoms with Crippen molar-refractivity contribution in [3.05, 3.63) is 134 Å². The van der Waals surface area contributed by atoms with Gasteiger partial charge in [0.15, 0.2) is 12.4 Å². The predicted molar refractivity (Wildman–Crippen MR) is 328 cm³/mol. The van der Waals surface area contributed by atoms with Gasteiger partial charge in [-0.1, -0.05) is 264 Å². The van der Waals surface area contributed by atoms with Crippen molar-refractivity contribution in [2.75, 3.05) is 13.2 Å². The van der Waals surface area contributed by atoms with Crippen LogP contribution >= 0.6 is 0 Å². The molecule has 6 N–H and O–H groups in total. The first-order chi connectivity index (χ1) is 38.7. The minimum atomic E-state index is -1.64. The molecular weight excluding hydrogens is 991 g/mol. The van der Waals surface area contributed by atoms with Gasteiger partial charge < -0.3 is 45.1 Å². The molecule has 1 aliphatic rings. The number of aliphatic hydroxyl groups is 5. The summed E-state index contributed by atoms with van der Waals surface area (Å²) in [4.78, 5) is 26.5. The maximum absolute atomic E-state index is 13.3. The molecule has 11 nitrogen and oxygen atoms in total. The van der Waals surface area contributed by atoms with E-state index in [1.807, 2.05) is 60.8 Å². The Kier molecular flexibility index (Phi) is 50.1. The number of nitrogens with one attached hydrogen (secondary N) is 1. The number of unbranched alkanes of at least 4 members (excludes halogenated alkanes) is 20. The minimum Gasteiger partial charge on any atom is -0.454 e. The summed E-state index contributed by atoms with van der Waals surface area (Å²) in [6.07, 6.45) is 66.5. The molecule has 0 radical (unpaired) electrons. The molecule has 448 valence electrons. The van der Waals surface area contributed by atoms with Gasteiger partial charge in [0.25, 0.3) is 0 Å². The minimum absolute atomic E-state index is 0.0990. The van der Waals surface area contributed by atoms with Crippen LogP contribution in [0.3, 0.4) is 0 Å². The molecule has 0 aromatic heterocycles. The molecule has 1 heterocycles. The smallest absolute Gasteiger partial charge is 0.306 e. The molecule has 0 aromatic carbocycles. The van der Waals surface area contributed by atoms with Gasteiger partial charge in [0.2, 0.25) is 5.91 Å². The van der Waals surface area contributed by atoms with Gasteiger partial charge in [-0.15, -0.1) is 0 Å². The zero-order valence-corrected chi connectivity index (χ0v) is 49.4. The second kappa shape index (κ2) is 54.4. The monoisotopic (exact) mass is 1100 g/mol. The van der Waals surface area contributed by atoms with Gasteiger partial charge in [-0.2, -0.15) is 0 Å². The highest BCUT2D eigenvalue weighted by molar-refractivity contribution is 5.80. The fourth-order valence-electron chi connectivity index (χ4n) is 8.82. The van der Waals surface area contributed by atoms with E-state index in [1.54, 1.807) is 6.08 Å². The van der Waals surface area contributed by atoms with E-state index >= 15 is 0 Å². The number of esters is 1. The van der Waals surface area contributed by atoms with E-state index in [-0.39, 0.29) is 19.4 Å². The third-order valence-corrected chi connectivity index (χ3v) is 13.7. The number of ether oxygens (including phenoxy) is 3. The molecule has 79 heavy (non-hydrogen) atoms. The number of hydrogen-bond donors (Lipinski definition) is 6. The van der Waals surface area contributed by atoms with Gasteiger partial charge in [0.05, 0.1) is 25.4 Å². The van der Waals surface area contributed by atoms with E-state index in [0.29, 0.717) is 12.8 Å². The SMILES string of the molecule is CC/C=C\C/C=C\C/C=C\C/C=C\C/C=C\CCCCCCCCCCCC(=O)OC1C(OCC(NC(=O)C(O)CC/C=C/C=C\C=C/C=C/C=C/CC)C(O)/C=C/CCCCCCCCCCCCC)OC(CO)C(O)C1O. The summed E-state index contributed by atoms with van der Waals surface area (Å²) in [6.45, 7) is 5.46. The molecule has 11 heteroatoms. The first-order valence-corrected chi connectivity index (χ1v) is 31.0. The molecule has 1 fully saturated rings. The Bertz CT molecular complexity index is 1790. The summed E-state index contributed by atoms with van der Waals surface area (Å²) in [5, 5.41) is 56.8. The van der Waals surface area contributed by atoms with Crippen LogP contribution in [0.25, 0.3) is 0 Å². The fraction of sp³-hybridized carbons (Fsp3) is 0.647. The van der Waals surface area contributed by atoms with Gasteiger partial charge in [0, 0.05) is 6.42 Å². The van der Waals surface area contributed by atoms with E-state index in [1.165, 1.54) is 77.0 Å². The Labute approximate surface area is 480 Å². The maximum atomic E-state index is 13.3. The molecule has 8 atom stereocenters. The van der Waals surface area contributed by atoms with Crippen LogP contribution in [0, 0.1) is 0 Å². The van der Waals surface area contributed by atoms with Crippen LogP contribution in [-0.4, -0.2) is 99.6 Å². The number of allylic oxidation sites excluding steroid dienone is 21. The third-order valence-electron chi connectivity index (χ3n) is 13.7. The summed E-state index contributed by atoms with van der Waals surface area (Å²) >= 11 is 0. The van der Waals surface area contributed by atoms with Crippen molar-refractivity contribution in [3.8, 4) is 0 Å². The van der Waals surface area contributed by atoms with Gasteiger partial charge >= 0.3 is 5.97 Å². The van der Waals surface area contributed by atoms with Crippen molar-refractivity contribution in [1.82, 2.24) is 5.32 Å². The average Bonchev–Trinajstić information content (AvgIpc) is 3.48. The second-order valence-corrected chi connectivity index (χ2v) is 20.8. The summed E-state index contributed by atoms with van der Waals surface area (Å²) < 4.78 is 17.6. The van der Waals surface area contributed by atoms with Crippen LogP contribution in [0.2, 0.25) is 0 Å². The lowest BCUT2D eigenvalue weighted by atomic mass is 9.99. The highest BCUT2D eigenvalue weighted by Crippen LogP contribution is 2.26. The largest absolute Gasteiger partial charge is 0.454 e. The Hall–Kier alpha value is -4.20. The number of aliphatic hydroxyl groups excluding tert-OH is 5. The first-order valence-electron chi connectivity index (χ1n) is 31.0. The van der Waals surface area contributed by atoms with Crippen LogP contribution in [0.15, 0.2) is 134 Å². The normalized spacial score (nSPS) is 19.8. The number of amides is 1.